The van der Waals surface area contributed by atoms with Crippen LogP contribution in [0.5, 0.6) is 0 Å². The molecule has 0 bridgehead atoms. The molecule has 0 atom stereocenters. The summed E-state index contributed by atoms with van der Waals surface area (Å²) in [5.41, 5.74) is 2.66. The molecule has 0 saturated heterocycles. The smallest absolute Gasteiger partial charge is 0.144 e. The molecule has 0 aromatic carbocycles. The first-order chi connectivity index (χ1) is 7.68. The van der Waals surface area contributed by atoms with E-state index in [1.807, 2.05) is 24.6 Å². The van der Waals surface area contributed by atoms with Gasteiger partial charge in [0.2, 0.25) is 0 Å². The third kappa shape index (κ3) is 1.13. The molecule has 0 radical (unpaired) electrons. The first-order valence-corrected chi connectivity index (χ1v) is 5.54. The second-order valence-corrected chi connectivity index (χ2v) is 4.70. The van der Waals surface area contributed by atoms with Gasteiger partial charge in [-0.2, -0.15) is 0 Å². The molecule has 3 rings (SSSR count). The van der Waals surface area contributed by atoms with Crippen LogP contribution in [0.15, 0.2) is 12.5 Å². The van der Waals surface area contributed by atoms with Crippen molar-refractivity contribution in [3.63, 3.8) is 0 Å². The monoisotopic (exact) mass is 219 g/mol. The fraction of sp³-hybridized carbons (Fsp3) is 0.500. The summed E-state index contributed by atoms with van der Waals surface area (Å²) in [6.45, 7) is 3.69. The maximum Gasteiger partial charge on any atom is 0.144 e. The van der Waals surface area contributed by atoms with Gasteiger partial charge in [0.1, 0.15) is 18.6 Å². The van der Waals surface area contributed by atoms with Gasteiger partial charge in [0.15, 0.2) is 0 Å². The second kappa shape index (κ2) is 3.03. The highest BCUT2D eigenvalue weighted by Crippen LogP contribution is 2.46. The van der Waals surface area contributed by atoms with Crippen LogP contribution in [0.4, 0.5) is 4.39 Å². The topological polar surface area (TPSA) is 30.7 Å². The Bertz CT molecular complexity index is 555. The summed E-state index contributed by atoms with van der Waals surface area (Å²) in [6.07, 6.45) is 5.40. The molecule has 0 spiro atoms. The highest BCUT2D eigenvalue weighted by Gasteiger charge is 2.45. The van der Waals surface area contributed by atoms with E-state index < -0.39 is 0 Å². The zero-order chi connectivity index (χ0) is 11.3. The summed E-state index contributed by atoms with van der Waals surface area (Å²) in [4.78, 5) is 8.49. The molecule has 2 heterocycles. The summed E-state index contributed by atoms with van der Waals surface area (Å²) >= 11 is 0. The summed E-state index contributed by atoms with van der Waals surface area (Å²) in [7, 11) is 0. The Morgan fingerprint density at radius 2 is 2.12 bits per heavy atom. The van der Waals surface area contributed by atoms with Crippen LogP contribution in [0.2, 0.25) is 0 Å². The zero-order valence-electron chi connectivity index (χ0n) is 9.50. The fourth-order valence-corrected chi connectivity index (χ4v) is 2.37. The lowest BCUT2D eigenvalue weighted by Crippen LogP contribution is -2.18. The summed E-state index contributed by atoms with van der Waals surface area (Å²) in [6, 6.07) is 0. The lowest BCUT2D eigenvalue weighted by atomic mass is 10.2. The Labute approximate surface area is 93.3 Å². The van der Waals surface area contributed by atoms with Crippen LogP contribution in [-0.4, -0.2) is 21.2 Å². The van der Waals surface area contributed by atoms with E-state index in [2.05, 4.69) is 9.97 Å². The second-order valence-electron chi connectivity index (χ2n) is 4.70. The number of hydrogen-bond acceptors (Lipinski definition) is 2. The Morgan fingerprint density at radius 1 is 1.38 bits per heavy atom. The number of alkyl halides is 1. The first kappa shape index (κ1) is 9.75. The SMILES string of the molecule is Cc1cn(C2(CF)CC2)c2ncnc(C)c12. The average molecular weight is 219 g/mol. The van der Waals surface area contributed by atoms with Crippen LogP contribution >= 0.6 is 0 Å². The van der Waals surface area contributed by atoms with E-state index in [0.29, 0.717) is 0 Å². The van der Waals surface area contributed by atoms with Gasteiger partial charge in [-0.1, -0.05) is 0 Å². The summed E-state index contributed by atoms with van der Waals surface area (Å²) < 4.78 is 15.1. The van der Waals surface area contributed by atoms with Crippen LogP contribution in [0.1, 0.15) is 24.1 Å². The van der Waals surface area contributed by atoms with Crippen molar-refractivity contribution in [3.8, 4) is 0 Å². The van der Waals surface area contributed by atoms with Crippen molar-refractivity contribution < 1.29 is 4.39 Å². The minimum atomic E-state index is -0.312. The van der Waals surface area contributed by atoms with Crippen molar-refractivity contribution in [3.05, 3.63) is 23.8 Å². The summed E-state index contributed by atoms with van der Waals surface area (Å²) in [5, 5.41) is 1.07. The van der Waals surface area contributed by atoms with Crippen LogP contribution in [0.25, 0.3) is 11.0 Å². The minimum Gasteiger partial charge on any atom is -0.323 e. The van der Waals surface area contributed by atoms with E-state index in [1.54, 1.807) is 6.33 Å². The normalized spacial score (nSPS) is 17.9. The average Bonchev–Trinajstić information content (AvgIpc) is 2.99. The fourth-order valence-electron chi connectivity index (χ4n) is 2.37. The quantitative estimate of drug-likeness (QED) is 0.777. The summed E-state index contributed by atoms with van der Waals surface area (Å²) in [5.74, 6) is 0. The number of nitrogens with zero attached hydrogens (tertiary/aromatic N) is 3. The third-order valence-electron chi connectivity index (χ3n) is 3.55. The predicted octanol–water partition coefficient (Wildman–Crippen LogP) is 2.51. The van der Waals surface area contributed by atoms with E-state index in [1.165, 1.54) is 0 Å². The Kier molecular flexibility index (Phi) is 1.85. The molecular weight excluding hydrogens is 205 g/mol. The molecule has 1 aliphatic rings. The van der Waals surface area contributed by atoms with Gasteiger partial charge < -0.3 is 4.57 Å². The highest BCUT2D eigenvalue weighted by molar-refractivity contribution is 5.82. The largest absolute Gasteiger partial charge is 0.323 e. The maximum atomic E-state index is 13.1. The van der Waals surface area contributed by atoms with Crippen LogP contribution < -0.4 is 0 Å². The lowest BCUT2D eigenvalue weighted by Gasteiger charge is -2.13. The molecular formula is C12H14FN3. The van der Waals surface area contributed by atoms with Crippen molar-refractivity contribution in [2.75, 3.05) is 6.67 Å². The molecule has 1 fully saturated rings. The third-order valence-corrected chi connectivity index (χ3v) is 3.55. The van der Waals surface area contributed by atoms with Crippen molar-refractivity contribution in [1.29, 1.82) is 0 Å². The van der Waals surface area contributed by atoms with Gasteiger partial charge in [-0.05, 0) is 32.3 Å². The maximum absolute atomic E-state index is 13.1. The molecule has 2 aromatic heterocycles. The number of fused-ring (bicyclic) bond motifs is 1. The van der Waals surface area contributed by atoms with E-state index in [0.717, 1.165) is 35.1 Å². The van der Waals surface area contributed by atoms with Gasteiger partial charge in [0.25, 0.3) is 0 Å². The molecule has 0 aliphatic heterocycles. The molecule has 2 aromatic rings. The number of rotatable bonds is 2. The molecule has 84 valence electrons. The van der Waals surface area contributed by atoms with Gasteiger partial charge >= 0.3 is 0 Å². The van der Waals surface area contributed by atoms with E-state index in [9.17, 15) is 4.39 Å². The van der Waals surface area contributed by atoms with E-state index >= 15 is 0 Å². The highest BCUT2D eigenvalue weighted by atomic mass is 19.1. The molecule has 1 aliphatic carbocycles. The molecule has 16 heavy (non-hydrogen) atoms. The lowest BCUT2D eigenvalue weighted by molar-refractivity contribution is 0.342. The van der Waals surface area contributed by atoms with Crippen LogP contribution in [0, 0.1) is 13.8 Å². The number of hydrogen-bond donors (Lipinski definition) is 0. The Balaban J connectivity index is 2.31. The van der Waals surface area contributed by atoms with Gasteiger partial charge in [-0.25, -0.2) is 14.4 Å². The molecule has 0 N–H and O–H groups in total. The number of aromatic nitrogens is 3. The molecule has 1 saturated carbocycles. The van der Waals surface area contributed by atoms with Crippen molar-refractivity contribution in [2.24, 2.45) is 0 Å². The van der Waals surface area contributed by atoms with Gasteiger partial charge in [-0.3, -0.25) is 0 Å². The Hall–Kier alpha value is -1.45. The Morgan fingerprint density at radius 3 is 2.75 bits per heavy atom. The van der Waals surface area contributed by atoms with Crippen molar-refractivity contribution in [1.82, 2.24) is 14.5 Å². The van der Waals surface area contributed by atoms with Crippen molar-refractivity contribution >= 4 is 11.0 Å². The molecule has 0 unspecified atom stereocenters. The van der Waals surface area contributed by atoms with Crippen LogP contribution in [0.3, 0.4) is 0 Å². The van der Waals surface area contributed by atoms with E-state index in [4.69, 9.17) is 0 Å². The van der Waals surface area contributed by atoms with E-state index in [-0.39, 0.29) is 12.2 Å². The van der Waals surface area contributed by atoms with Gasteiger partial charge in [0.05, 0.1) is 11.2 Å². The number of halogens is 1. The molecule has 4 heteroatoms. The molecule has 0 amide bonds. The zero-order valence-corrected chi connectivity index (χ0v) is 9.50. The van der Waals surface area contributed by atoms with Gasteiger partial charge in [0, 0.05) is 11.6 Å². The van der Waals surface area contributed by atoms with Gasteiger partial charge in [-0.15, -0.1) is 0 Å². The first-order valence-electron chi connectivity index (χ1n) is 5.54. The standard InChI is InChI=1S/C12H14FN3/c1-8-5-16(12(6-13)3-4-12)11-10(8)9(2)14-7-15-11/h5,7H,3-4,6H2,1-2H3. The molecule has 3 nitrogen and oxygen atoms in total. The number of aryl methyl sites for hydroxylation is 2. The van der Waals surface area contributed by atoms with Crippen molar-refractivity contribution in [2.45, 2.75) is 32.2 Å². The minimum absolute atomic E-state index is 0.306. The van der Waals surface area contributed by atoms with Crippen LogP contribution in [-0.2, 0) is 5.54 Å². The predicted molar refractivity (Wildman–Crippen MR) is 60.2 cm³/mol.